The Labute approximate surface area is 187 Å². The zero-order valence-electron chi connectivity index (χ0n) is 16.8. The van der Waals surface area contributed by atoms with E-state index in [1.165, 1.54) is 5.01 Å². The van der Waals surface area contributed by atoms with Crippen molar-refractivity contribution in [3.05, 3.63) is 95.0 Å². The van der Waals surface area contributed by atoms with Crippen LogP contribution in [0.1, 0.15) is 34.5 Å². The fourth-order valence-corrected chi connectivity index (χ4v) is 4.12. The summed E-state index contributed by atoms with van der Waals surface area (Å²) in [6, 6.07) is 22.0. The lowest BCUT2D eigenvalue weighted by Crippen LogP contribution is -2.27. The number of rotatable bonds is 3. The number of carbonyl (C=O) groups excluding carboxylic acids is 1. The number of imidazole rings is 2. The van der Waals surface area contributed by atoms with Gasteiger partial charge in [-0.2, -0.15) is 5.10 Å². The Morgan fingerprint density at radius 1 is 0.875 bits per heavy atom. The number of carbonyl (C=O) groups is 1. The van der Waals surface area contributed by atoms with Gasteiger partial charge in [-0.1, -0.05) is 35.9 Å². The molecule has 32 heavy (non-hydrogen) atoms. The van der Waals surface area contributed by atoms with Crippen LogP contribution in [0.2, 0.25) is 5.02 Å². The van der Waals surface area contributed by atoms with Crippen molar-refractivity contribution in [3.8, 4) is 0 Å². The molecule has 1 aliphatic rings. The second-order valence-electron chi connectivity index (χ2n) is 7.66. The number of hydrogen-bond acceptors (Lipinski definition) is 4. The first-order valence-electron chi connectivity index (χ1n) is 10.2. The zero-order chi connectivity index (χ0) is 21.7. The number of halogens is 1. The average molecular weight is 441 g/mol. The summed E-state index contributed by atoms with van der Waals surface area (Å²) in [7, 11) is 0. The Bertz CT molecular complexity index is 1430. The number of H-pyrrole nitrogens is 2. The van der Waals surface area contributed by atoms with E-state index in [9.17, 15) is 4.79 Å². The molecule has 5 aromatic rings. The maximum absolute atomic E-state index is 13.4. The first kappa shape index (κ1) is 18.8. The third-order valence-electron chi connectivity index (χ3n) is 5.60. The van der Waals surface area contributed by atoms with Crippen molar-refractivity contribution in [1.82, 2.24) is 24.9 Å². The molecule has 0 radical (unpaired) electrons. The number of hydrazone groups is 1. The maximum atomic E-state index is 13.4. The van der Waals surface area contributed by atoms with Crippen LogP contribution < -0.4 is 0 Å². The van der Waals surface area contributed by atoms with E-state index in [-0.39, 0.29) is 11.9 Å². The van der Waals surface area contributed by atoms with Crippen LogP contribution in [-0.4, -0.2) is 36.6 Å². The Balaban J connectivity index is 1.43. The second-order valence-corrected chi connectivity index (χ2v) is 8.10. The minimum atomic E-state index is -0.381. The summed E-state index contributed by atoms with van der Waals surface area (Å²) in [4.78, 5) is 29.5. The summed E-state index contributed by atoms with van der Waals surface area (Å²) in [6.45, 7) is 0. The predicted molar refractivity (Wildman–Crippen MR) is 124 cm³/mol. The van der Waals surface area contributed by atoms with Crippen molar-refractivity contribution in [1.29, 1.82) is 0 Å². The van der Waals surface area contributed by atoms with E-state index >= 15 is 0 Å². The highest BCUT2D eigenvalue weighted by Gasteiger charge is 2.36. The van der Waals surface area contributed by atoms with Gasteiger partial charge in [0, 0.05) is 17.0 Å². The Morgan fingerprint density at radius 2 is 1.53 bits per heavy atom. The first-order valence-corrected chi connectivity index (χ1v) is 10.6. The second kappa shape index (κ2) is 7.32. The molecule has 0 saturated carbocycles. The number of aromatic amines is 2. The van der Waals surface area contributed by atoms with Crippen LogP contribution in [0.3, 0.4) is 0 Å². The molecule has 3 heterocycles. The quantitative estimate of drug-likeness (QED) is 0.409. The minimum Gasteiger partial charge on any atom is -0.340 e. The van der Waals surface area contributed by atoms with Crippen LogP contribution in [0.15, 0.2) is 77.9 Å². The lowest BCUT2D eigenvalue weighted by molar-refractivity contribution is 0.0705. The van der Waals surface area contributed by atoms with Crippen LogP contribution in [0.4, 0.5) is 0 Å². The van der Waals surface area contributed by atoms with E-state index in [1.807, 2.05) is 48.5 Å². The number of nitrogens with one attached hydrogen (secondary N) is 2. The van der Waals surface area contributed by atoms with Gasteiger partial charge in [-0.3, -0.25) is 4.79 Å². The monoisotopic (exact) mass is 440 g/mol. The molecule has 0 aliphatic carbocycles. The van der Waals surface area contributed by atoms with E-state index in [1.54, 1.807) is 24.3 Å². The molecule has 0 saturated heterocycles. The van der Waals surface area contributed by atoms with Gasteiger partial charge >= 0.3 is 0 Å². The van der Waals surface area contributed by atoms with Crippen LogP contribution in [-0.2, 0) is 0 Å². The number of amides is 1. The van der Waals surface area contributed by atoms with Crippen LogP contribution >= 0.6 is 11.6 Å². The lowest BCUT2D eigenvalue weighted by atomic mass is 10.1. The molecule has 6 rings (SSSR count). The highest BCUT2D eigenvalue weighted by molar-refractivity contribution is 6.30. The third kappa shape index (κ3) is 3.14. The molecular formula is C24H17ClN6O. The van der Waals surface area contributed by atoms with Gasteiger partial charge in [0.2, 0.25) is 0 Å². The van der Waals surface area contributed by atoms with Gasteiger partial charge in [0.25, 0.3) is 5.91 Å². The molecule has 7 nitrogen and oxygen atoms in total. The standard InChI is InChI=1S/C24H17ClN6O/c25-15-11-9-14(10-12-15)24(32)31-21(23-28-18-7-3-4-8-19(18)29-23)13-20(30-31)22-26-16-5-1-2-6-17(16)27-22/h1-12,21H,13H2,(H,26,27)(H,28,29). The molecule has 2 N–H and O–H groups in total. The van der Waals surface area contributed by atoms with E-state index in [4.69, 9.17) is 21.7 Å². The molecule has 1 atom stereocenters. The van der Waals surface area contributed by atoms with E-state index in [0.717, 1.165) is 22.1 Å². The van der Waals surface area contributed by atoms with Gasteiger partial charge in [-0.25, -0.2) is 15.0 Å². The molecule has 1 aliphatic heterocycles. The number of fused-ring (bicyclic) bond motifs is 2. The summed E-state index contributed by atoms with van der Waals surface area (Å²) in [6.07, 6.45) is 0.485. The fraction of sp³-hybridized carbons (Fsp3) is 0.0833. The highest BCUT2D eigenvalue weighted by atomic mass is 35.5. The van der Waals surface area contributed by atoms with Gasteiger partial charge in [0.05, 0.1) is 22.1 Å². The molecular weight excluding hydrogens is 424 g/mol. The number of benzene rings is 3. The van der Waals surface area contributed by atoms with Crippen LogP contribution in [0.25, 0.3) is 22.1 Å². The van der Waals surface area contributed by atoms with Crippen molar-refractivity contribution in [2.24, 2.45) is 5.10 Å². The molecule has 8 heteroatoms. The summed E-state index contributed by atoms with van der Waals surface area (Å²) in [5, 5.41) is 6.76. The smallest absolute Gasteiger partial charge is 0.274 e. The Morgan fingerprint density at radius 3 is 2.22 bits per heavy atom. The molecule has 1 unspecified atom stereocenters. The molecule has 3 aromatic carbocycles. The molecule has 1 amide bonds. The van der Waals surface area contributed by atoms with Gasteiger partial charge in [0.1, 0.15) is 17.6 Å². The van der Waals surface area contributed by atoms with Crippen LogP contribution in [0.5, 0.6) is 0 Å². The predicted octanol–water partition coefficient (Wildman–Crippen LogP) is 5.08. The summed E-state index contributed by atoms with van der Waals surface area (Å²) >= 11 is 6.01. The molecule has 2 aromatic heterocycles. The SMILES string of the molecule is O=C(c1ccc(Cl)cc1)N1N=C(c2nc3ccccc3[nH]2)CC1c1nc2ccccc2[nH]1. The summed E-state index contributed by atoms with van der Waals surface area (Å²) in [5.41, 5.74) is 4.75. The van der Waals surface area contributed by atoms with Crippen molar-refractivity contribution in [3.63, 3.8) is 0 Å². The molecule has 156 valence electrons. The van der Waals surface area contributed by atoms with E-state index in [0.29, 0.717) is 34.4 Å². The Kier molecular flexibility index (Phi) is 4.29. The third-order valence-corrected chi connectivity index (χ3v) is 5.85. The topological polar surface area (TPSA) is 90.0 Å². The summed E-state index contributed by atoms with van der Waals surface area (Å²) < 4.78 is 0. The van der Waals surface area contributed by atoms with E-state index in [2.05, 4.69) is 15.0 Å². The Hall–Kier alpha value is -3.97. The van der Waals surface area contributed by atoms with Crippen molar-refractivity contribution < 1.29 is 4.79 Å². The van der Waals surface area contributed by atoms with Gasteiger partial charge in [-0.05, 0) is 48.5 Å². The largest absolute Gasteiger partial charge is 0.340 e. The minimum absolute atomic E-state index is 0.224. The highest BCUT2D eigenvalue weighted by Crippen LogP contribution is 2.33. The van der Waals surface area contributed by atoms with Crippen molar-refractivity contribution in [2.45, 2.75) is 12.5 Å². The van der Waals surface area contributed by atoms with Gasteiger partial charge < -0.3 is 9.97 Å². The lowest BCUT2D eigenvalue weighted by Gasteiger charge is -2.20. The van der Waals surface area contributed by atoms with Gasteiger partial charge in [0.15, 0.2) is 5.82 Å². The fourth-order valence-electron chi connectivity index (χ4n) is 4.00. The van der Waals surface area contributed by atoms with Crippen molar-refractivity contribution >= 4 is 45.3 Å². The molecule has 0 fully saturated rings. The number of nitrogens with zero attached hydrogens (tertiary/aromatic N) is 4. The number of aromatic nitrogens is 4. The normalized spacial score (nSPS) is 16.1. The zero-order valence-corrected chi connectivity index (χ0v) is 17.5. The number of para-hydroxylation sites is 4. The van der Waals surface area contributed by atoms with E-state index < -0.39 is 0 Å². The van der Waals surface area contributed by atoms with Gasteiger partial charge in [-0.15, -0.1) is 0 Å². The molecule has 0 bridgehead atoms. The van der Waals surface area contributed by atoms with Crippen LogP contribution in [0, 0.1) is 0 Å². The first-order chi connectivity index (χ1) is 15.7. The maximum Gasteiger partial charge on any atom is 0.274 e. The summed E-state index contributed by atoms with van der Waals surface area (Å²) in [5.74, 6) is 1.11. The van der Waals surface area contributed by atoms with Crippen molar-refractivity contribution in [2.75, 3.05) is 0 Å². The number of hydrogen-bond donors (Lipinski definition) is 2. The average Bonchev–Trinajstić information content (AvgIpc) is 3.54. The molecule has 0 spiro atoms.